The number of Topliss-reactive ketones (excluding diaryl/α,β-unsaturated/α-hetero) is 2. The van der Waals surface area contributed by atoms with Crippen LogP contribution in [0.15, 0.2) is 23.8 Å². The van der Waals surface area contributed by atoms with E-state index in [-0.39, 0.29) is 18.0 Å². The van der Waals surface area contributed by atoms with Gasteiger partial charge in [-0.1, -0.05) is 12.7 Å². The van der Waals surface area contributed by atoms with Gasteiger partial charge in [-0.3, -0.25) is 9.59 Å². The van der Waals surface area contributed by atoms with Crippen molar-refractivity contribution >= 4 is 11.6 Å². The molecule has 0 saturated carbocycles. The summed E-state index contributed by atoms with van der Waals surface area (Å²) in [5.74, 6) is 0.0994. The monoisotopic (exact) mass is 178 g/mol. The minimum atomic E-state index is -0.0264. The zero-order valence-electron chi connectivity index (χ0n) is 7.93. The van der Waals surface area contributed by atoms with Gasteiger partial charge in [0.15, 0.2) is 11.6 Å². The summed E-state index contributed by atoms with van der Waals surface area (Å²) >= 11 is 0. The average molecular weight is 178 g/mol. The maximum Gasteiger partial charge on any atom is 0.162 e. The number of allylic oxidation sites excluding steroid dienone is 3. The van der Waals surface area contributed by atoms with Gasteiger partial charge in [-0.15, -0.1) is 0 Å². The molecular formula is C11H14O2. The summed E-state index contributed by atoms with van der Waals surface area (Å²) < 4.78 is 0. The standard InChI is InChI=1S/C11H14O2/c1-8(2)11(13)7-9-5-3-4-6-10(9)12/h5H,1,3-4,6-7H2,2H3. The van der Waals surface area contributed by atoms with Crippen molar-refractivity contribution in [1.29, 1.82) is 0 Å². The molecule has 0 aromatic heterocycles. The van der Waals surface area contributed by atoms with E-state index in [0.29, 0.717) is 17.6 Å². The van der Waals surface area contributed by atoms with Crippen LogP contribution in [0.25, 0.3) is 0 Å². The van der Waals surface area contributed by atoms with E-state index in [1.165, 1.54) is 0 Å². The van der Waals surface area contributed by atoms with Gasteiger partial charge in [0.05, 0.1) is 0 Å². The Morgan fingerprint density at radius 3 is 2.85 bits per heavy atom. The van der Waals surface area contributed by atoms with Crippen LogP contribution >= 0.6 is 0 Å². The van der Waals surface area contributed by atoms with Gasteiger partial charge in [0.1, 0.15) is 0 Å². The van der Waals surface area contributed by atoms with Crippen LogP contribution in [-0.2, 0) is 9.59 Å². The van der Waals surface area contributed by atoms with Gasteiger partial charge in [0.25, 0.3) is 0 Å². The third-order valence-electron chi connectivity index (χ3n) is 2.18. The fourth-order valence-electron chi connectivity index (χ4n) is 1.31. The maximum atomic E-state index is 11.3. The average Bonchev–Trinajstić information content (AvgIpc) is 2.08. The molecule has 0 unspecified atom stereocenters. The minimum absolute atomic E-state index is 0.0264. The number of hydrogen-bond donors (Lipinski definition) is 0. The highest BCUT2D eigenvalue weighted by Crippen LogP contribution is 2.18. The molecule has 2 heteroatoms. The lowest BCUT2D eigenvalue weighted by atomic mass is 9.93. The SMILES string of the molecule is C=C(C)C(=O)CC1=CCCCC1=O. The lowest BCUT2D eigenvalue weighted by Gasteiger charge is -2.10. The van der Waals surface area contributed by atoms with E-state index in [4.69, 9.17) is 0 Å². The van der Waals surface area contributed by atoms with E-state index in [1.54, 1.807) is 6.92 Å². The summed E-state index contributed by atoms with van der Waals surface area (Å²) in [5.41, 5.74) is 1.21. The Hall–Kier alpha value is -1.18. The zero-order chi connectivity index (χ0) is 9.84. The van der Waals surface area contributed by atoms with Crippen molar-refractivity contribution < 1.29 is 9.59 Å². The maximum absolute atomic E-state index is 11.3. The van der Waals surface area contributed by atoms with Gasteiger partial charge in [0, 0.05) is 12.8 Å². The number of ketones is 2. The number of hydrogen-bond acceptors (Lipinski definition) is 2. The van der Waals surface area contributed by atoms with E-state index < -0.39 is 0 Å². The topological polar surface area (TPSA) is 34.1 Å². The molecule has 0 saturated heterocycles. The first-order valence-electron chi connectivity index (χ1n) is 4.52. The van der Waals surface area contributed by atoms with Gasteiger partial charge < -0.3 is 0 Å². The molecule has 1 aliphatic carbocycles. The fraction of sp³-hybridized carbons (Fsp3) is 0.455. The molecule has 2 nitrogen and oxygen atoms in total. The molecule has 0 aromatic rings. The molecule has 0 radical (unpaired) electrons. The Morgan fingerprint density at radius 1 is 1.62 bits per heavy atom. The summed E-state index contributed by atoms with van der Waals surface area (Å²) in [6.45, 7) is 5.23. The Kier molecular flexibility index (Phi) is 3.18. The van der Waals surface area contributed by atoms with Gasteiger partial charge in [-0.25, -0.2) is 0 Å². The Bertz CT molecular complexity index is 284. The molecule has 13 heavy (non-hydrogen) atoms. The minimum Gasteiger partial charge on any atom is -0.295 e. The Labute approximate surface area is 78.3 Å². The molecule has 0 heterocycles. The van der Waals surface area contributed by atoms with Crippen molar-refractivity contribution in [2.45, 2.75) is 32.6 Å². The van der Waals surface area contributed by atoms with Crippen molar-refractivity contribution in [2.24, 2.45) is 0 Å². The second-order valence-electron chi connectivity index (χ2n) is 3.43. The highest BCUT2D eigenvalue weighted by atomic mass is 16.1. The Balaban J connectivity index is 2.62. The lowest BCUT2D eigenvalue weighted by Crippen LogP contribution is -2.11. The van der Waals surface area contributed by atoms with Crippen LogP contribution in [0.2, 0.25) is 0 Å². The predicted octanol–water partition coefficient (Wildman–Crippen LogP) is 2.20. The normalized spacial score (nSPS) is 16.7. The molecule has 0 N–H and O–H groups in total. The Morgan fingerprint density at radius 2 is 2.31 bits per heavy atom. The number of carbonyl (C=O) groups excluding carboxylic acids is 2. The van der Waals surface area contributed by atoms with Gasteiger partial charge in [-0.2, -0.15) is 0 Å². The van der Waals surface area contributed by atoms with Crippen LogP contribution in [0.4, 0.5) is 0 Å². The van der Waals surface area contributed by atoms with Crippen molar-refractivity contribution in [1.82, 2.24) is 0 Å². The van der Waals surface area contributed by atoms with Gasteiger partial charge >= 0.3 is 0 Å². The summed E-state index contributed by atoms with van der Waals surface area (Å²) in [6, 6.07) is 0. The third kappa shape index (κ3) is 2.65. The lowest BCUT2D eigenvalue weighted by molar-refractivity contribution is -0.119. The molecule has 0 atom stereocenters. The highest BCUT2D eigenvalue weighted by Gasteiger charge is 2.16. The first kappa shape index (κ1) is 9.90. The predicted molar refractivity (Wildman–Crippen MR) is 51.4 cm³/mol. The molecule has 70 valence electrons. The summed E-state index contributed by atoms with van der Waals surface area (Å²) in [5, 5.41) is 0. The number of rotatable bonds is 3. The summed E-state index contributed by atoms with van der Waals surface area (Å²) in [4.78, 5) is 22.6. The zero-order valence-corrected chi connectivity index (χ0v) is 7.93. The first-order valence-corrected chi connectivity index (χ1v) is 4.52. The van der Waals surface area contributed by atoms with E-state index >= 15 is 0 Å². The molecule has 0 amide bonds. The van der Waals surface area contributed by atoms with E-state index in [9.17, 15) is 9.59 Å². The third-order valence-corrected chi connectivity index (χ3v) is 2.18. The largest absolute Gasteiger partial charge is 0.295 e. The van der Waals surface area contributed by atoms with Crippen molar-refractivity contribution in [3.63, 3.8) is 0 Å². The smallest absolute Gasteiger partial charge is 0.162 e. The van der Waals surface area contributed by atoms with E-state index in [2.05, 4.69) is 6.58 Å². The number of carbonyl (C=O) groups is 2. The summed E-state index contributed by atoms with van der Waals surface area (Å²) in [7, 11) is 0. The molecule has 0 spiro atoms. The highest BCUT2D eigenvalue weighted by molar-refractivity contribution is 6.05. The molecule has 1 rings (SSSR count). The first-order chi connectivity index (χ1) is 6.11. The summed E-state index contributed by atoms with van der Waals surface area (Å²) in [6.07, 6.45) is 4.56. The molecule has 0 fully saturated rings. The quantitative estimate of drug-likeness (QED) is 0.621. The van der Waals surface area contributed by atoms with Crippen LogP contribution in [0.5, 0.6) is 0 Å². The fourth-order valence-corrected chi connectivity index (χ4v) is 1.31. The van der Waals surface area contributed by atoms with E-state index in [0.717, 1.165) is 12.8 Å². The second kappa shape index (κ2) is 4.17. The van der Waals surface area contributed by atoms with Crippen molar-refractivity contribution in [2.75, 3.05) is 0 Å². The van der Waals surface area contributed by atoms with Crippen LogP contribution in [0.3, 0.4) is 0 Å². The molecule has 0 bridgehead atoms. The molecular weight excluding hydrogens is 164 g/mol. The second-order valence-corrected chi connectivity index (χ2v) is 3.43. The van der Waals surface area contributed by atoms with Crippen molar-refractivity contribution in [3.8, 4) is 0 Å². The molecule has 0 aliphatic heterocycles. The molecule has 0 aromatic carbocycles. The van der Waals surface area contributed by atoms with Crippen molar-refractivity contribution in [3.05, 3.63) is 23.8 Å². The molecule has 1 aliphatic rings. The van der Waals surface area contributed by atoms with E-state index in [1.807, 2.05) is 6.08 Å². The van der Waals surface area contributed by atoms with Gasteiger partial charge in [0.2, 0.25) is 0 Å². The van der Waals surface area contributed by atoms with Crippen LogP contribution in [-0.4, -0.2) is 11.6 Å². The van der Waals surface area contributed by atoms with Gasteiger partial charge in [-0.05, 0) is 30.9 Å². The van der Waals surface area contributed by atoms with Crippen LogP contribution < -0.4 is 0 Å². The van der Waals surface area contributed by atoms with Crippen LogP contribution in [0, 0.1) is 0 Å². The van der Waals surface area contributed by atoms with Crippen LogP contribution in [0.1, 0.15) is 32.6 Å².